The van der Waals surface area contributed by atoms with Crippen LogP contribution in [0.25, 0.3) is 0 Å². The van der Waals surface area contributed by atoms with Gasteiger partial charge < -0.3 is 0 Å². The molecule has 0 spiro atoms. The second kappa shape index (κ2) is 6.18. The van der Waals surface area contributed by atoms with Crippen molar-refractivity contribution in [3.05, 3.63) is 59.7 Å². The van der Waals surface area contributed by atoms with Crippen LogP contribution in [0, 0.1) is 0 Å². The first-order valence-electron chi connectivity index (χ1n) is 5.77. The van der Waals surface area contributed by atoms with Crippen LogP contribution in [0.1, 0.15) is 18.1 Å². The van der Waals surface area contributed by atoms with Crippen LogP contribution in [0.3, 0.4) is 0 Å². The number of thiol groups is 1. The van der Waals surface area contributed by atoms with Gasteiger partial charge in [-0.15, -0.1) is 24.4 Å². The lowest BCUT2D eigenvalue weighted by atomic mass is 10.1. The van der Waals surface area contributed by atoms with Crippen LogP contribution in [-0.2, 0) is 12.2 Å². The molecule has 0 unspecified atom stereocenters. The van der Waals surface area contributed by atoms with E-state index in [2.05, 4.69) is 56.0 Å². The van der Waals surface area contributed by atoms with Crippen molar-refractivity contribution >= 4 is 24.4 Å². The zero-order chi connectivity index (χ0) is 12.1. The summed E-state index contributed by atoms with van der Waals surface area (Å²) in [5.41, 5.74) is 2.78. The molecule has 0 saturated heterocycles. The highest BCUT2D eigenvalue weighted by Gasteiger charge is 1.97. The molecule has 0 amide bonds. The smallest absolute Gasteiger partial charge is 0.0231 e. The minimum atomic E-state index is 1.02. The van der Waals surface area contributed by atoms with E-state index < -0.39 is 0 Å². The molecule has 0 bridgehead atoms. The molecule has 2 aromatic carbocycles. The van der Waals surface area contributed by atoms with E-state index in [1.807, 2.05) is 23.9 Å². The van der Waals surface area contributed by atoms with Gasteiger partial charge in [-0.25, -0.2) is 0 Å². The molecular formula is C15H16S2. The number of hydrogen-bond acceptors (Lipinski definition) is 2. The highest BCUT2D eigenvalue weighted by Crippen LogP contribution is 2.23. The third-order valence-corrected chi connectivity index (χ3v) is 4.05. The van der Waals surface area contributed by atoms with E-state index in [0.717, 1.165) is 17.1 Å². The Balaban J connectivity index is 1.95. The molecule has 0 atom stereocenters. The molecule has 17 heavy (non-hydrogen) atoms. The summed E-state index contributed by atoms with van der Waals surface area (Å²) in [7, 11) is 0. The second-order valence-corrected chi connectivity index (χ2v) is 5.52. The Morgan fingerprint density at radius 2 is 1.47 bits per heavy atom. The third-order valence-electron chi connectivity index (χ3n) is 2.67. The molecule has 2 rings (SSSR count). The van der Waals surface area contributed by atoms with E-state index in [0.29, 0.717) is 0 Å². The first kappa shape index (κ1) is 12.6. The molecule has 0 aromatic heterocycles. The minimum absolute atomic E-state index is 1.02. The zero-order valence-electron chi connectivity index (χ0n) is 9.89. The largest absolute Gasteiger partial charge is 0.143 e. The van der Waals surface area contributed by atoms with Crippen LogP contribution >= 0.6 is 24.4 Å². The predicted octanol–water partition coefficient (Wildman–Crippen LogP) is 4.83. The van der Waals surface area contributed by atoms with E-state index in [4.69, 9.17) is 0 Å². The SMILES string of the molecule is CCc1ccc(CSc2ccc(S)cc2)cc1. The van der Waals surface area contributed by atoms with Crippen molar-refractivity contribution in [2.24, 2.45) is 0 Å². The van der Waals surface area contributed by atoms with Crippen molar-refractivity contribution < 1.29 is 0 Å². The average molecular weight is 260 g/mol. The van der Waals surface area contributed by atoms with Crippen LogP contribution in [0.15, 0.2) is 58.3 Å². The van der Waals surface area contributed by atoms with Gasteiger partial charge in [-0.05, 0) is 41.8 Å². The Morgan fingerprint density at radius 3 is 2.06 bits per heavy atom. The normalized spacial score (nSPS) is 10.5. The van der Waals surface area contributed by atoms with Crippen molar-refractivity contribution in [2.75, 3.05) is 0 Å². The molecule has 0 aliphatic carbocycles. The van der Waals surface area contributed by atoms with Gasteiger partial charge in [0.05, 0.1) is 0 Å². The van der Waals surface area contributed by atoms with Crippen LogP contribution in [0.2, 0.25) is 0 Å². The quantitative estimate of drug-likeness (QED) is 0.607. The lowest BCUT2D eigenvalue weighted by Crippen LogP contribution is -1.83. The zero-order valence-corrected chi connectivity index (χ0v) is 11.6. The van der Waals surface area contributed by atoms with Gasteiger partial charge >= 0.3 is 0 Å². The fraction of sp³-hybridized carbons (Fsp3) is 0.200. The standard InChI is InChI=1S/C15H16S2/c1-2-12-3-5-13(6-4-12)11-17-15-9-7-14(16)8-10-15/h3-10,16H,2,11H2,1H3. The summed E-state index contributed by atoms with van der Waals surface area (Å²) in [6, 6.07) is 17.2. The van der Waals surface area contributed by atoms with Crippen molar-refractivity contribution in [1.82, 2.24) is 0 Å². The van der Waals surface area contributed by atoms with Crippen LogP contribution in [0.4, 0.5) is 0 Å². The maximum atomic E-state index is 4.28. The van der Waals surface area contributed by atoms with Gasteiger partial charge in [0.25, 0.3) is 0 Å². The summed E-state index contributed by atoms with van der Waals surface area (Å²) in [6.45, 7) is 2.18. The number of hydrogen-bond donors (Lipinski definition) is 1. The fourth-order valence-corrected chi connectivity index (χ4v) is 2.58. The number of rotatable bonds is 4. The van der Waals surface area contributed by atoms with Gasteiger partial charge in [0.1, 0.15) is 0 Å². The van der Waals surface area contributed by atoms with Crippen molar-refractivity contribution in [2.45, 2.75) is 28.9 Å². The van der Waals surface area contributed by atoms with Crippen LogP contribution in [0.5, 0.6) is 0 Å². The first-order valence-corrected chi connectivity index (χ1v) is 7.21. The van der Waals surface area contributed by atoms with Gasteiger partial charge in [0, 0.05) is 15.5 Å². The van der Waals surface area contributed by atoms with E-state index in [1.165, 1.54) is 16.0 Å². The average Bonchev–Trinajstić information content (AvgIpc) is 2.39. The summed E-state index contributed by atoms with van der Waals surface area (Å²) >= 11 is 6.14. The Hall–Kier alpha value is -0.860. The van der Waals surface area contributed by atoms with E-state index in [-0.39, 0.29) is 0 Å². The molecule has 0 nitrogen and oxygen atoms in total. The Bertz CT molecular complexity index is 457. The van der Waals surface area contributed by atoms with Gasteiger partial charge in [0.15, 0.2) is 0 Å². The topological polar surface area (TPSA) is 0 Å². The summed E-state index contributed by atoms with van der Waals surface area (Å²) in [5, 5.41) is 0. The summed E-state index contributed by atoms with van der Waals surface area (Å²) < 4.78 is 0. The van der Waals surface area contributed by atoms with Crippen molar-refractivity contribution in [1.29, 1.82) is 0 Å². The number of aryl methyl sites for hydroxylation is 1. The monoisotopic (exact) mass is 260 g/mol. The lowest BCUT2D eigenvalue weighted by molar-refractivity contribution is 1.13. The van der Waals surface area contributed by atoms with Crippen molar-refractivity contribution in [3.8, 4) is 0 Å². The summed E-state index contributed by atoms with van der Waals surface area (Å²) in [4.78, 5) is 2.31. The molecular weight excluding hydrogens is 244 g/mol. The number of benzene rings is 2. The molecule has 0 saturated carbocycles. The molecule has 0 N–H and O–H groups in total. The highest BCUT2D eigenvalue weighted by atomic mass is 32.2. The molecule has 0 heterocycles. The maximum Gasteiger partial charge on any atom is 0.0231 e. The molecule has 88 valence electrons. The maximum absolute atomic E-state index is 4.28. The Kier molecular flexibility index (Phi) is 4.57. The Morgan fingerprint density at radius 1 is 0.882 bits per heavy atom. The predicted molar refractivity (Wildman–Crippen MR) is 79.1 cm³/mol. The van der Waals surface area contributed by atoms with Gasteiger partial charge in [0.2, 0.25) is 0 Å². The molecule has 2 heteroatoms. The van der Waals surface area contributed by atoms with Gasteiger partial charge in [-0.3, -0.25) is 0 Å². The molecule has 0 radical (unpaired) electrons. The highest BCUT2D eigenvalue weighted by molar-refractivity contribution is 7.98. The fourth-order valence-electron chi connectivity index (χ4n) is 1.58. The van der Waals surface area contributed by atoms with Gasteiger partial charge in [-0.2, -0.15) is 0 Å². The Labute approximate surface area is 113 Å². The van der Waals surface area contributed by atoms with Crippen molar-refractivity contribution in [3.63, 3.8) is 0 Å². The van der Waals surface area contributed by atoms with Crippen LogP contribution < -0.4 is 0 Å². The molecule has 0 fully saturated rings. The van der Waals surface area contributed by atoms with Crippen LogP contribution in [-0.4, -0.2) is 0 Å². The molecule has 0 aliphatic heterocycles. The first-order chi connectivity index (χ1) is 8.28. The minimum Gasteiger partial charge on any atom is -0.143 e. The van der Waals surface area contributed by atoms with Gasteiger partial charge in [-0.1, -0.05) is 31.2 Å². The van der Waals surface area contributed by atoms with E-state index in [9.17, 15) is 0 Å². The van der Waals surface area contributed by atoms with E-state index >= 15 is 0 Å². The lowest BCUT2D eigenvalue weighted by Gasteiger charge is -2.03. The summed E-state index contributed by atoms with van der Waals surface area (Å²) in [6.07, 6.45) is 1.11. The molecule has 2 aromatic rings. The third kappa shape index (κ3) is 3.83. The summed E-state index contributed by atoms with van der Waals surface area (Å²) in [5.74, 6) is 1.02. The second-order valence-electron chi connectivity index (χ2n) is 3.95. The number of thioether (sulfide) groups is 1. The van der Waals surface area contributed by atoms with E-state index in [1.54, 1.807) is 0 Å². The molecule has 0 aliphatic rings.